The molecular weight excluding hydrogens is 589 g/mol. The van der Waals surface area contributed by atoms with Gasteiger partial charge in [0, 0.05) is 33.3 Å². The average molecular weight is 602 g/mol. The SMILES string of the molecule is O=C(NN=Cc1cc(Br)c(OCc2ccc(Cl)cc2Cl)c(Br)c1)c1cccc([N+](=O)[O-])c1. The number of nitrogens with zero attached hydrogens (tertiary/aromatic N) is 2. The number of benzene rings is 3. The van der Waals surface area contributed by atoms with Crippen LogP contribution < -0.4 is 10.2 Å². The highest BCUT2D eigenvalue weighted by atomic mass is 79.9. The Morgan fingerprint density at radius 1 is 1.12 bits per heavy atom. The molecule has 11 heteroatoms. The number of non-ortho nitro benzene ring substituents is 1. The third-order valence-electron chi connectivity index (χ3n) is 4.11. The molecule has 164 valence electrons. The van der Waals surface area contributed by atoms with E-state index in [-0.39, 0.29) is 17.9 Å². The van der Waals surface area contributed by atoms with E-state index in [1.165, 1.54) is 30.5 Å². The smallest absolute Gasteiger partial charge is 0.271 e. The molecule has 1 N–H and O–H groups in total. The molecule has 0 saturated carbocycles. The van der Waals surface area contributed by atoms with Crippen molar-refractivity contribution in [3.05, 3.63) is 100 Å². The molecule has 0 heterocycles. The molecule has 0 radical (unpaired) electrons. The third-order valence-corrected chi connectivity index (χ3v) is 5.87. The Kier molecular flexibility index (Phi) is 8.25. The van der Waals surface area contributed by atoms with Crippen LogP contribution in [0.2, 0.25) is 10.0 Å². The summed E-state index contributed by atoms with van der Waals surface area (Å²) >= 11 is 19.0. The topological polar surface area (TPSA) is 93.8 Å². The molecule has 0 aromatic heterocycles. The number of amides is 1. The zero-order chi connectivity index (χ0) is 23.3. The Morgan fingerprint density at radius 2 is 1.84 bits per heavy atom. The summed E-state index contributed by atoms with van der Waals surface area (Å²) in [7, 11) is 0. The first kappa shape index (κ1) is 24.2. The Bertz CT molecular complexity index is 1200. The van der Waals surface area contributed by atoms with Crippen molar-refractivity contribution >= 4 is 72.9 Å². The van der Waals surface area contributed by atoms with Gasteiger partial charge in [-0.15, -0.1) is 0 Å². The Morgan fingerprint density at radius 3 is 2.50 bits per heavy atom. The minimum absolute atomic E-state index is 0.128. The van der Waals surface area contributed by atoms with Crippen molar-refractivity contribution in [1.82, 2.24) is 5.43 Å². The summed E-state index contributed by atoms with van der Waals surface area (Å²) in [4.78, 5) is 22.4. The van der Waals surface area contributed by atoms with Crippen LogP contribution >= 0.6 is 55.1 Å². The van der Waals surface area contributed by atoms with Gasteiger partial charge in [-0.25, -0.2) is 5.43 Å². The van der Waals surface area contributed by atoms with Crippen LogP contribution in [-0.4, -0.2) is 17.0 Å². The Hall–Kier alpha value is -2.46. The van der Waals surface area contributed by atoms with Crippen molar-refractivity contribution in [3.8, 4) is 5.75 Å². The fourth-order valence-electron chi connectivity index (χ4n) is 2.57. The number of nitro benzene ring substituents is 1. The number of hydrazone groups is 1. The predicted molar refractivity (Wildman–Crippen MR) is 131 cm³/mol. The van der Waals surface area contributed by atoms with E-state index in [4.69, 9.17) is 27.9 Å². The molecule has 0 aliphatic rings. The summed E-state index contributed by atoms with van der Waals surface area (Å²) < 4.78 is 7.18. The summed E-state index contributed by atoms with van der Waals surface area (Å²) in [5.74, 6) is -0.00308. The summed E-state index contributed by atoms with van der Waals surface area (Å²) in [6, 6.07) is 14.1. The van der Waals surface area contributed by atoms with Gasteiger partial charge in [0.1, 0.15) is 12.4 Å². The lowest BCUT2D eigenvalue weighted by Crippen LogP contribution is -2.17. The van der Waals surface area contributed by atoms with E-state index in [2.05, 4.69) is 42.4 Å². The molecule has 7 nitrogen and oxygen atoms in total. The maximum Gasteiger partial charge on any atom is 0.271 e. The maximum absolute atomic E-state index is 12.2. The number of hydrogen-bond acceptors (Lipinski definition) is 5. The zero-order valence-electron chi connectivity index (χ0n) is 16.0. The molecule has 0 bridgehead atoms. The predicted octanol–water partition coefficient (Wildman–Crippen LogP) is 6.77. The van der Waals surface area contributed by atoms with Crippen molar-refractivity contribution < 1.29 is 14.5 Å². The van der Waals surface area contributed by atoms with Crippen molar-refractivity contribution in [3.63, 3.8) is 0 Å². The normalized spacial score (nSPS) is 10.9. The number of carbonyl (C=O) groups is 1. The molecule has 3 rings (SSSR count). The first-order valence-corrected chi connectivity index (χ1v) is 11.2. The van der Waals surface area contributed by atoms with Gasteiger partial charge in [0.15, 0.2) is 0 Å². The van der Waals surface area contributed by atoms with E-state index < -0.39 is 10.8 Å². The van der Waals surface area contributed by atoms with Crippen LogP contribution in [0.15, 0.2) is 68.6 Å². The molecule has 0 aliphatic carbocycles. The third kappa shape index (κ3) is 6.29. The van der Waals surface area contributed by atoms with Gasteiger partial charge in [-0.1, -0.05) is 35.3 Å². The summed E-state index contributed by atoms with van der Waals surface area (Å²) in [6.45, 7) is 0.236. The molecular formula is C21H13Br2Cl2N3O4. The van der Waals surface area contributed by atoms with E-state index in [1.807, 2.05) is 0 Å². The molecule has 0 unspecified atom stereocenters. The molecule has 32 heavy (non-hydrogen) atoms. The van der Waals surface area contributed by atoms with Gasteiger partial charge >= 0.3 is 0 Å². The van der Waals surface area contributed by atoms with Gasteiger partial charge in [-0.3, -0.25) is 14.9 Å². The summed E-state index contributed by atoms with van der Waals surface area (Å²) in [6.07, 6.45) is 1.44. The largest absolute Gasteiger partial charge is 0.486 e. The van der Waals surface area contributed by atoms with Gasteiger partial charge in [0.25, 0.3) is 11.6 Å². The minimum atomic E-state index is -0.570. The Balaban J connectivity index is 1.66. The van der Waals surface area contributed by atoms with E-state index in [9.17, 15) is 14.9 Å². The number of nitro groups is 1. The molecule has 1 amide bonds. The van der Waals surface area contributed by atoms with E-state index in [1.54, 1.807) is 30.3 Å². The van der Waals surface area contributed by atoms with Gasteiger partial charge in [-0.2, -0.15) is 5.10 Å². The average Bonchev–Trinajstić information content (AvgIpc) is 2.74. The van der Waals surface area contributed by atoms with Crippen LogP contribution in [0.1, 0.15) is 21.5 Å². The van der Waals surface area contributed by atoms with Crippen LogP contribution in [0.25, 0.3) is 0 Å². The van der Waals surface area contributed by atoms with Gasteiger partial charge < -0.3 is 4.74 Å². The van der Waals surface area contributed by atoms with E-state index in [0.717, 1.165) is 5.56 Å². The zero-order valence-corrected chi connectivity index (χ0v) is 20.7. The summed E-state index contributed by atoms with van der Waals surface area (Å²) in [5.41, 5.74) is 3.75. The second-order valence-corrected chi connectivity index (χ2v) is 8.90. The molecule has 0 atom stereocenters. The van der Waals surface area contributed by atoms with Crippen LogP contribution in [0, 0.1) is 10.1 Å². The summed E-state index contributed by atoms with van der Waals surface area (Å²) in [5, 5.41) is 15.8. The molecule has 0 aliphatic heterocycles. The molecule has 3 aromatic rings. The lowest BCUT2D eigenvalue weighted by Gasteiger charge is -2.12. The van der Waals surface area contributed by atoms with Gasteiger partial charge in [0.05, 0.1) is 20.1 Å². The van der Waals surface area contributed by atoms with Crippen LogP contribution in [0.4, 0.5) is 5.69 Å². The highest BCUT2D eigenvalue weighted by Crippen LogP contribution is 2.35. The van der Waals surface area contributed by atoms with Crippen molar-refractivity contribution in [2.45, 2.75) is 6.61 Å². The maximum atomic E-state index is 12.2. The van der Waals surface area contributed by atoms with Crippen molar-refractivity contribution in [1.29, 1.82) is 0 Å². The highest BCUT2D eigenvalue weighted by molar-refractivity contribution is 9.11. The molecule has 0 fully saturated rings. The second kappa shape index (κ2) is 10.9. The molecule has 3 aromatic carbocycles. The number of halogens is 4. The first-order valence-electron chi connectivity index (χ1n) is 8.88. The quantitative estimate of drug-likeness (QED) is 0.184. The number of hydrogen-bond donors (Lipinski definition) is 1. The first-order chi connectivity index (χ1) is 15.2. The van der Waals surface area contributed by atoms with Crippen molar-refractivity contribution in [2.24, 2.45) is 5.10 Å². The van der Waals surface area contributed by atoms with E-state index >= 15 is 0 Å². The monoisotopic (exact) mass is 599 g/mol. The second-order valence-electron chi connectivity index (χ2n) is 6.34. The van der Waals surface area contributed by atoms with E-state index in [0.29, 0.717) is 30.3 Å². The number of rotatable bonds is 7. The minimum Gasteiger partial charge on any atom is -0.486 e. The number of carbonyl (C=O) groups excluding carboxylic acids is 1. The fourth-order valence-corrected chi connectivity index (χ4v) is 4.49. The number of nitrogens with one attached hydrogen (secondary N) is 1. The fraction of sp³-hybridized carbons (Fsp3) is 0.0476. The lowest BCUT2D eigenvalue weighted by molar-refractivity contribution is -0.384. The van der Waals surface area contributed by atoms with Crippen molar-refractivity contribution in [2.75, 3.05) is 0 Å². The van der Waals surface area contributed by atoms with Gasteiger partial charge in [0.2, 0.25) is 0 Å². The Labute approximate surface area is 209 Å². The van der Waals surface area contributed by atoms with Crippen LogP contribution in [-0.2, 0) is 6.61 Å². The molecule has 0 saturated heterocycles. The molecule has 0 spiro atoms. The van der Waals surface area contributed by atoms with Crippen LogP contribution in [0.5, 0.6) is 5.75 Å². The number of ether oxygens (including phenoxy) is 1. The highest BCUT2D eigenvalue weighted by Gasteiger charge is 2.12. The standard InChI is InChI=1S/C21H13Br2Cl2N3O4/c22-17-6-12(10-26-27-21(29)13-2-1-3-16(8-13)28(30)31)7-18(23)20(17)32-11-14-4-5-15(24)9-19(14)25/h1-10H,11H2,(H,27,29). The van der Waals surface area contributed by atoms with Gasteiger partial charge in [-0.05, 0) is 67.8 Å². The van der Waals surface area contributed by atoms with Crippen LogP contribution in [0.3, 0.4) is 0 Å². The lowest BCUT2D eigenvalue weighted by atomic mass is 10.2.